The molecule has 0 aliphatic rings. The number of hydrogen-bond donors (Lipinski definition) is 0. The quantitative estimate of drug-likeness (QED) is 0.300. The Hall–Kier alpha value is -3.70. The molecule has 0 aliphatic carbocycles. The molecule has 0 aliphatic heterocycles. The molecule has 0 bridgehead atoms. The van der Waals surface area contributed by atoms with Gasteiger partial charge in [0.25, 0.3) is 0 Å². The molecule has 160 valence electrons. The number of ketones is 1. The normalized spacial score (nSPS) is 11.6. The van der Waals surface area contributed by atoms with Gasteiger partial charge in [0.05, 0.1) is 25.5 Å². The fourth-order valence-electron chi connectivity index (χ4n) is 3.01. The van der Waals surface area contributed by atoms with E-state index in [0.717, 1.165) is 16.9 Å². The summed E-state index contributed by atoms with van der Waals surface area (Å²) >= 11 is 5.91. The van der Waals surface area contributed by atoms with Crippen molar-refractivity contribution in [3.8, 4) is 22.6 Å². The first-order valence-corrected chi connectivity index (χ1v) is 10.5. The van der Waals surface area contributed by atoms with E-state index in [2.05, 4.69) is 9.98 Å². The van der Waals surface area contributed by atoms with Crippen LogP contribution < -0.4 is 0 Å². The Bertz CT molecular complexity index is 1150. The number of benzene rings is 2. The molecule has 4 aromatic rings. The average molecular weight is 445 g/mol. The van der Waals surface area contributed by atoms with Gasteiger partial charge in [0, 0.05) is 16.1 Å². The van der Waals surface area contributed by atoms with E-state index in [9.17, 15) is 4.79 Å². The van der Waals surface area contributed by atoms with Crippen LogP contribution in [-0.4, -0.2) is 31.3 Å². The molecule has 4 rings (SSSR count). The summed E-state index contributed by atoms with van der Waals surface area (Å²) in [6.45, 7) is 2.10. The van der Waals surface area contributed by atoms with Crippen LogP contribution in [0.4, 0.5) is 0 Å². The van der Waals surface area contributed by atoms with Crippen molar-refractivity contribution in [2.75, 3.05) is 13.1 Å². The van der Waals surface area contributed by atoms with Gasteiger partial charge in [0.1, 0.15) is 23.0 Å². The molecule has 0 saturated carbocycles. The number of rotatable bonds is 8. The van der Waals surface area contributed by atoms with Crippen LogP contribution in [0.2, 0.25) is 5.02 Å². The second-order valence-electron chi connectivity index (χ2n) is 7.26. The smallest absolute Gasteiger partial charge is 0.175 e. The lowest BCUT2D eigenvalue weighted by molar-refractivity contribution is -0.116. The minimum absolute atomic E-state index is 0.0289. The second-order valence-corrected chi connectivity index (χ2v) is 7.69. The Morgan fingerprint density at radius 1 is 0.750 bits per heavy atom. The van der Waals surface area contributed by atoms with E-state index in [1.54, 1.807) is 30.6 Å². The zero-order valence-corrected chi connectivity index (χ0v) is 18.3. The van der Waals surface area contributed by atoms with Crippen molar-refractivity contribution >= 4 is 29.8 Å². The third-order valence-electron chi connectivity index (χ3n) is 4.69. The Kier molecular flexibility index (Phi) is 6.78. The van der Waals surface area contributed by atoms with Crippen LogP contribution >= 0.6 is 11.6 Å². The third kappa shape index (κ3) is 5.71. The van der Waals surface area contributed by atoms with Gasteiger partial charge in [-0.1, -0.05) is 41.4 Å². The average Bonchev–Trinajstić information content (AvgIpc) is 3.45. The van der Waals surface area contributed by atoms with Gasteiger partial charge in [0.15, 0.2) is 5.78 Å². The van der Waals surface area contributed by atoms with Crippen LogP contribution in [0.15, 0.2) is 91.6 Å². The minimum Gasteiger partial charge on any atom is -0.455 e. The first-order valence-electron chi connectivity index (χ1n) is 10.1. The van der Waals surface area contributed by atoms with Crippen molar-refractivity contribution in [3.05, 3.63) is 94.9 Å². The standard InChI is InChI=1S/C26H21ClN2O3/c1-18-2-4-19(5-3-18)25-12-10-23(31-25)16-28-14-22(30)15-29-17-24-11-13-26(32-24)20-6-8-21(27)9-7-20/h2-13,16-17H,14-15H2,1H3. The van der Waals surface area contributed by atoms with E-state index >= 15 is 0 Å². The van der Waals surface area contributed by atoms with E-state index in [-0.39, 0.29) is 18.9 Å². The van der Waals surface area contributed by atoms with Gasteiger partial charge in [-0.15, -0.1) is 0 Å². The number of hydrogen-bond acceptors (Lipinski definition) is 5. The third-order valence-corrected chi connectivity index (χ3v) is 4.94. The van der Waals surface area contributed by atoms with Crippen molar-refractivity contribution < 1.29 is 13.6 Å². The first kappa shape index (κ1) is 21.5. The van der Waals surface area contributed by atoms with Crippen LogP contribution in [0.25, 0.3) is 22.6 Å². The van der Waals surface area contributed by atoms with Crippen molar-refractivity contribution in [1.29, 1.82) is 0 Å². The van der Waals surface area contributed by atoms with Crippen LogP contribution in [0.5, 0.6) is 0 Å². The molecular weight excluding hydrogens is 424 g/mol. The highest BCUT2D eigenvalue weighted by atomic mass is 35.5. The minimum atomic E-state index is -0.104. The molecule has 0 unspecified atom stereocenters. The van der Waals surface area contributed by atoms with Gasteiger partial charge >= 0.3 is 0 Å². The highest BCUT2D eigenvalue weighted by Crippen LogP contribution is 2.23. The fraction of sp³-hybridized carbons (Fsp3) is 0.115. The number of aryl methyl sites for hydroxylation is 1. The summed E-state index contributed by atoms with van der Waals surface area (Å²) in [6, 6.07) is 22.8. The molecule has 0 spiro atoms. The molecular formula is C26H21ClN2O3. The summed E-state index contributed by atoms with van der Waals surface area (Å²) in [7, 11) is 0. The second kappa shape index (κ2) is 10.1. The van der Waals surface area contributed by atoms with Gasteiger partial charge in [-0.25, -0.2) is 0 Å². The Labute approximate surface area is 191 Å². The van der Waals surface area contributed by atoms with Crippen molar-refractivity contribution in [3.63, 3.8) is 0 Å². The lowest BCUT2D eigenvalue weighted by Gasteiger charge is -1.97. The maximum atomic E-state index is 12.0. The van der Waals surface area contributed by atoms with Crippen molar-refractivity contribution in [2.45, 2.75) is 6.92 Å². The summed E-state index contributed by atoms with van der Waals surface area (Å²) in [5, 5.41) is 0.669. The van der Waals surface area contributed by atoms with E-state index in [1.807, 2.05) is 61.5 Å². The van der Waals surface area contributed by atoms with Gasteiger partial charge < -0.3 is 8.83 Å². The molecule has 2 aromatic heterocycles. The molecule has 2 aromatic carbocycles. The molecule has 0 fully saturated rings. The van der Waals surface area contributed by atoms with Gasteiger partial charge in [-0.05, 0) is 55.5 Å². The molecule has 32 heavy (non-hydrogen) atoms. The Balaban J connectivity index is 1.26. The number of aliphatic imine (C=N–C) groups is 2. The van der Waals surface area contributed by atoms with Gasteiger partial charge in [0.2, 0.25) is 0 Å². The molecule has 5 nitrogen and oxygen atoms in total. The molecule has 0 N–H and O–H groups in total. The molecule has 6 heteroatoms. The zero-order valence-electron chi connectivity index (χ0n) is 17.5. The maximum Gasteiger partial charge on any atom is 0.175 e. The summed E-state index contributed by atoms with van der Waals surface area (Å²) in [4.78, 5) is 20.4. The lowest BCUT2D eigenvalue weighted by Crippen LogP contribution is -2.07. The SMILES string of the molecule is Cc1ccc(-c2ccc(C=NCC(=O)CN=Cc3ccc(-c4ccc(Cl)cc4)o3)o2)cc1. The Morgan fingerprint density at radius 2 is 1.22 bits per heavy atom. The largest absolute Gasteiger partial charge is 0.455 e. The van der Waals surface area contributed by atoms with E-state index in [0.29, 0.717) is 22.3 Å². The molecule has 0 saturated heterocycles. The lowest BCUT2D eigenvalue weighted by atomic mass is 10.1. The van der Waals surface area contributed by atoms with Crippen LogP contribution in [-0.2, 0) is 4.79 Å². The van der Waals surface area contributed by atoms with E-state index in [1.165, 1.54) is 5.56 Å². The highest BCUT2D eigenvalue weighted by molar-refractivity contribution is 6.30. The topological polar surface area (TPSA) is 68.1 Å². The van der Waals surface area contributed by atoms with E-state index in [4.69, 9.17) is 20.4 Å². The van der Waals surface area contributed by atoms with Crippen LogP contribution in [0, 0.1) is 6.92 Å². The fourth-order valence-corrected chi connectivity index (χ4v) is 3.14. The maximum absolute atomic E-state index is 12.0. The molecule has 0 atom stereocenters. The predicted octanol–water partition coefficient (Wildman–Crippen LogP) is 6.28. The van der Waals surface area contributed by atoms with Crippen molar-refractivity contribution in [2.24, 2.45) is 9.98 Å². The summed E-state index contributed by atoms with van der Waals surface area (Å²) in [5.74, 6) is 2.54. The first-order chi connectivity index (χ1) is 15.6. The molecule has 0 amide bonds. The monoisotopic (exact) mass is 444 g/mol. The van der Waals surface area contributed by atoms with Gasteiger partial charge in [-0.3, -0.25) is 14.8 Å². The molecule has 0 radical (unpaired) electrons. The van der Waals surface area contributed by atoms with E-state index < -0.39 is 0 Å². The zero-order chi connectivity index (χ0) is 22.3. The summed E-state index contributed by atoms with van der Waals surface area (Å²) in [5.41, 5.74) is 3.11. The van der Waals surface area contributed by atoms with Crippen LogP contribution in [0.1, 0.15) is 17.1 Å². The summed E-state index contributed by atoms with van der Waals surface area (Å²) in [6.07, 6.45) is 3.10. The molecule has 2 heterocycles. The Morgan fingerprint density at radius 3 is 1.72 bits per heavy atom. The number of nitrogens with zero attached hydrogens (tertiary/aromatic N) is 2. The number of Topliss-reactive ketones (excluding diaryl/α,β-unsaturated/α-hetero) is 1. The number of carbonyl (C=O) groups is 1. The number of furan rings is 2. The van der Waals surface area contributed by atoms with Crippen LogP contribution in [0.3, 0.4) is 0 Å². The number of carbonyl (C=O) groups excluding carboxylic acids is 1. The van der Waals surface area contributed by atoms with Crippen molar-refractivity contribution in [1.82, 2.24) is 0 Å². The predicted molar refractivity (Wildman–Crippen MR) is 128 cm³/mol. The number of halogens is 1. The summed E-state index contributed by atoms with van der Waals surface area (Å²) < 4.78 is 11.5. The van der Waals surface area contributed by atoms with Gasteiger partial charge in [-0.2, -0.15) is 0 Å². The highest BCUT2D eigenvalue weighted by Gasteiger charge is 2.05.